The van der Waals surface area contributed by atoms with Gasteiger partial charge in [-0.3, -0.25) is 9.48 Å². The molecule has 0 unspecified atom stereocenters. The van der Waals surface area contributed by atoms with E-state index in [9.17, 15) is 4.79 Å². The van der Waals surface area contributed by atoms with Crippen LogP contribution in [0.4, 0.5) is 5.69 Å². The first-order valence-electron chi connectivity index (χ1n) is 8.64. The van der Waals surface area contributed by atoms with Crippen molar-refractivity contribution in [3.05, 3.63) is 58.7 Å². The van der Waals surface area contributed by atoms with E-state index in [1.54, 1.807) is 0 Å². The summed E-state index contributed by atoms with van der Waals surface area (Å²) in [5.74, 6) is 1.03. The van der Waals surface area contributed by atoms with Gasteiger partial charge in [-0.15, -0.1) is 0 Å². The maximum Gasteiger partial charge on any atom is 0.291 e. The van der Waals surface area contributed by atoms with Crippen molar-refractivity contribution in [1.29, 1.82) is 0 Å². The first-order valence-corrected chi connectivity index (χ1v) is 8.64. The Morgan fingerprint density at radius 3 is 2.84 bits per heavy atom. The molecule has 5 heteroatoms. The Balaban J connectivity index is 1.72. The van der Waals surface area contributed by atoms with Crippen molar-refractivity contribution in [3.63, 3.8) is 0 Å². The second-order valence-corrected chi connectivity index (χ2v) is 6.48. The predicted octanol–water partition coefficient (Wildman–Crippen LogP) is 4.13. The van der Waals surface area contributed by atoms with Crippen LogP contribution in [0.2, 0.25) is 0 Å². The number of fused-ring (bicyclic) bond motifs is 3. The van der Waals surface area contributed by atoms with E-state index in [4.69, 9.17) is 4.42 Å². The minimum absolute atomic E-state index is 0.210. The average molecular weight is 335 g/mol. The molecule has 1 aromatic carbocycles. The number of nitrogens with zero attached hydrogens (tertiary/aromatic N) is 2. The molecule has 0 fully saturated rings. The van der Waals surface area contributed by atoms with Gasteiger partial charge in [0, 0.05) is 36.0 Å². The van der Waals surface area contributed by atoms with Gasteiger partial charge in [-0.1, -0.05) is 18.2 Å². The Labute approximate surface area is 146 Å². The fraction of sp³-hybridized carbons (Fsp3) is 0.300. The van der Waals surface area contributed by atoms with Crippen molar-refractivity contribution in [1.82, 2.24) is 9.78 Å². The van der Waals surface area contributed by atoms with E-state index in [0.717, 1.165) is 53.2 Å². The average Bonchev–Trinajstić information content (AvgIpc) is 3.17. The largest absolute Gasteiger partial charge is 0.455 e. The summed E-state index contributed by atoms with van der Waals surface area (Å²) in [5, 5.41) is 7.63. The molecular formula is C20H21N3O2. The minimum Gasteiger partial charge on any atom is -0.455 e. The van der Waals surface area contributed by atoms with Crippen molar-refractivity contribution >= 4 is 11.6 Å². The normalized spacial score (nSPS) is 12.6. The number of aryl methyl sites for hydroxylation is 4. The molecule has 0 radical (unpaired) electrons. The van der Waals surface area contributed by atoms with Crippen LogP contribution in [0.15, 0.2) is 34.9 Å². The molecule has 4 rings (SSSR count). The highest BCUT2D eigenvalue weighted by atomic mass is 16.4. The van der Waals surface area contributed by atoms with Crippen LogP contribution in [0.25, 0.3) is 11.3 Å². The van der Waals surface area contributed by atoms with Crippen LogP contribution < -0.4 is 5.32 Å². The van der Waals surface area contributed by atoms with Gasteiger partial charge in [0.25, 0.3) is 5.91 Å². The second-order valence-electron chi connectivity index (χ2n) is 6.48. The number of hydrogen-bond acceptors (Lipinski definition) is 3. The maximum absolute atomic E-state index is 12.7. The summed E-state index contributed by atoms with van der Waals surface area (Å²) in [6, 6.07) is 7.73. The maximum atomic E-state index is 12.7. The van der Waals surface area contributed by atoms with Crippen molar-refractivity contribution < 1.29 is 9.21 Å². The number of nitrogens with one attached hydrogen (secondary N) is 1. The molecule has 0 atom stereocenters. The van der Waals surface area contributed by atoms with Crippen LogP contribution in [-0.4, -0.2) is 15.7 Å². The zero-order valence-corrected chi connectivity index (χ0v) is 14.7. The lowest BCUT2D eigenvalue weighted by Crippen LogP contribution is -2.13. The predicted molar refractivity (Wildman–Crippen MR) is 96.9 cm³/mol. The second kappa shape index (κ2) is 5.92. The summed E-state index contributed by atoms with van der Waals surface area (Å²) in [5.41, 5.74) is 5.86. The van der Waals surface area contributed by atoms with E-state index in [1.165, 1.54) is 5.56 Å². The Morgan fingerprint density at radius 2 is 2.08 bits per heavy atom. The molecule has 2 aromatic heterocycles. The summed E-state index contributed by atoms with van der Waals surface area (Å²) >= 11 is 0. The number of amides is 1. The number of carbonyl (C=O) groups excluding carboxylic acids is 1. The van der Waals surface area contributed by atoms with Gasteiger partial charge in [0.2, 0.25) is 0 Å². The van der Waals surface area contributed by atoms with Crippen LogP contribution in [0.5, 0.6) is 0 Å². The van der Waals surface area contributed by atoms with Gasteiger partial charge in [-0.2, -0.15) is 5.10 Å². The van der Waals surface area contributed by atoms with Gasteiger partial charge in [0.05, 0.1) is 5.69 Å². The first-order chi connectivity index (χ1) is 12.1. The fourth-order valence-electron chi connectivity index (χ4n) is 3.43. The topological polar surface area (TPSA) is 60.1 Å². The van der Waals surface area contributed by atoms with Gasteiger partial charge in [0.15, 0.2) is 5.76 Å². The molecule has 2 heterocycles. The molecule has 1 amide bonds. The molecule has 1 N–H and O–H groups in total. The van der Waals surface area contributed by atoms with E-state index in [2.05, 4.69) is 23.5 Å². The molecule has 5 nitrogen and oxygen atoms in total. The summed E-state index contributed by atoms with van der Waals surface area (Å²) in [6.45, 7) is 6.82. The lowest BCUT2D eigenvalue weighted by Gasteiger charge is -2.09. The van der Waals surface area contributed by atoms with E-state index in [0.29, 0.717) is 5.76 Å². The molecule has 0 saturated heterocycles. The zero-order valence-electron chi connectivity index (χ0n) is 14.7. The molecular weight excluding hydrogens is 314 g/mol. The third-order valence-corrected chi connectivity index (χ3v) is 4.84. The van der Waals surface area contributed by atoms with Gasteiger partial charge in [-0.25, -0.2) is 0 Å². The minimum atomic E-state index is -0.210. The van der Waals surface area contributed by atoms with Crippen LogP contribution in [0.1, 0.15) is 39.9 Å². The van der Waals surface area contributed by atoms with Crippen LogP contribution in [0, 0.1) is 13.8 Å². The molecule has 0 bridgehead atoms. The molecule has 0 saturated carbocycles. The highest BCUT2D eigenvalue weighted by Gasteiger charge is 2.29. The Morgan fingerprint density at radius 1 is 1.28 bits per heavy atom. The molecule has 1 aliphatic rings. The summed E-state index contributed by atoms with van der Waals surface area (Å²) in [7, 11) is 0. The van der Waals surface area contributed by atoms with Crippen LogP contribution >= 0.6 is 0 Å². The van der Waals surface area contributed by atoms with E-state index in [-0.39, 0.29) is 5.91 Å². The van der Waals surface area contributed by atoms with Gasteiger partial charge >= 0.3 is 0 Å². The summed E-state index contributed by atoms with van der Waals surface area (Å²) in [4.78, 5) is 12.7. The number of carbonyl (C=O) groups is 1. The first kappa shape index (κ1) is 15.7. The van der Waals surface area contributed by atoms with Crippen molar-refractivity contribution in [3.8, 4) is 11.3 Å². The summed E-state index contributed by atoms with van der Waals surface area (Å²) < 4.78 is 7.89. The molecule has 0 aliphatic heterocycles. The smallest absolute Gasteiger partial charge is 0.291 e. The monoisotopic (exact) mass is 335 g/mol. The van der Waals surface area contributed by atoms with E-state index in [1.807, 2.05) is 42.8 Å². The molecule has 1 aliphatic carbocycles. The Hall–Kier alpha value is -2.82. The lowest BCUT2D eigenvalue weighted by atomic mass is 9.93. The third-order valence-electron chi connectivity index (χ3n) is 4.84. The van der Waals surface area contributed by atoms with Crippen molar-refractivity contribution in [2.75, 3.05) is 5.32 Å². The van der Waals surface area contributed by atoms with Gasteiger partial charge in [0.1, 0.15) is 5.76 Å². The Bertz CT molecular complexity index is 965. The number of hydrogen-bond donors (Lipinski definition) is 1. The molecule has 3 aromatic rings. The SMILES string of the molecule is CCn1cc2c(n1)-c1c(oc(C(=O)Nc3ccccc3C)c1C)CC2. The number of aromatic nitrogens is 2. The number of para-hydroxylation sites is 1. The number of furan rings is 1. The molecule has 128 valence electrons. The summed E-state index contributed by atoms with van der Waals surface area (Å²) in [6.07, 6.45) is 3.79. The lowest BCUT2D eigenvalue weighted by molar-refractivity contribution is 0.0994. The highest BCUT2D eigenvalue weighted by Crippen LogP contribution is 2.38. The van der Waals surface area contributed by atoms with Crippen molar-refractivity contribution in [2.24, 2.45) is 0 Å². The van der Waals surface area contributed by atoms with Crippen LogP contribution in [0.3, 0.4) is 0 Å². The number of anilines is 1. The fourth-order valence-corrected chi connectivity index (χ4v) is 3.43. The van der Waals surface area contributed by atoms with E-state index >= 15 is 0 Å². The standard InChI is InChI=1S/C20H21N3O2/c1-4-23-11-14-9-10-16-17(18(14)22-23)13(3)19(25-16)20(24)21-15-8-6-5-7-12(15)2/h5-8,11H,4,9-10H2,1-3H3,(H,21,24). The molecule has 0 spiro atoms. The van der Waals surface area contributed by atoms with Gasteiger partial charge < -0.3 is 9.73 Å². The van der Waals surface area contributed by atoms with Gasteiger partial charge in [-0.05, 0) is 44.4 Å². The zero-order chi connectivity index (χ0) is 17.6. The van der Waals surface area contributed by atoms with Crippen LogP contribution in [-0.2, 0) is 19.4 Å². The van der Waals surface area contributed by atoms with E-state index < -0.39 is 0 Å². The highest BCUT2D eigenvalue weighted by molar-refractivity contribution is 6.05. The van der Waals surface area contributed by atoms with Crippen molar-refractivity contribution in [2.45, 2.75) is 40.2 Å². The quantitative estimate of drug-likeness (QED) is 0.783. The third kappa shape index (κ3) is 2.56. The number of benzene rings is 1. The Kier molecular flexibility index (Phi) is 3.71. The molecule has 25 heavy (non-hydrogen) atoms. The number of rotatable bonds is 3.